The van der Waals surface area contributed by atoms with Gasteiger partial charge in [-0.25, -0.2) is 4.98 Å². The van der Waals surface area contributed by atoms with E-state index >= 15 is 0 Å². The van der Waals surface area contributed by atoms with E-state index in [9.17, 15) is 44.3 Å². The van der Waals surface area contributed by atoms with E-state index in [1.165, 1.54) is 12.1 Å². The maximum atomic E-state index is 14.3. The van der Waals surface area contributed by atoms with E-state index in [1.807, 2.05) is 0 Å². The number of aromatic nitrogens is 1. The zero-order chi connectivity index (χ0) is 27.1. The predicted octanol–water partition coefficient (Wildman–Crippen LogP) is 7.49. The maximum absolute atomic E-state index is 14.3. The van der Waals surface area contributed by atoms with Crippen molar-refractivity contribution in [2.45, 2.75) is 56.6 Å². The van der Waals surface area contributed by atoms with Crippen LogP contribution in [0.3, 0.4) is 0 Å². The first-order chi connectivity index (χ1) is 16.5. The number of ketones is 1. The Hall–Kier alpha value is -2.44. The Morgan fingerprint density at radius 1 is 0.972 bits per heavy atom. The van der Waals surface area contributed by atoms with E-state index in [2.05, 4.69) is 25.9 Å². The van der Waals surface area contributed by atoms with Crippen LogP contribution in [-0.4, -0.2) is 29.2 Å². The molecule has 1 atom stereocenters. The van der Waals surface area contributed by atoms with Crippen LogP contribution in [0, 0.1) is 0 Å². The summed E-state index contributed by atoms with van der Waals surface area (Å²) in [5, 5.41) is 0. The molecule has 0 saturated carbocycles. The lowest BCUT2D eigenvalue weighted by molar-refractivity contribution is -0.185. The van der Waals surface area contributed by atoms with E-state index in [0.29, 0.717) is 22.9 Å². The number of halogens is 10. The highest BCUT2D eigenvalue weighted by Gasteiger charge is 2.59. The fourth-order valence-electron chi connectivity index (χ4n) is 3.85. The topological polar surface area (TPSA) is 42.3 Å². The van der Waals surface area contributed by atoms with E-state index < -0.39 is 53.9 Å². The van der Waals surface area contributed by atoms with Crippen molar-refractivity contribution >= 4 is 27.4 Å². The van der Waals surface area contributed by atoms with E-state index in [4.69, 9.17) is 0 Å². The zero-order valence-electron chi connectivity index (χ0n) is 18.5. The number of rotatable bonds is 6. The summed E-state index contributed by atoms with van der Waals surface area (Å²) >= 11 is 3.30. The highest BCUT2D eigenvalue weighted by molar-refractivity contribution is 9.10. The van der Waals surface area contributed by atoms with Crippen LogP contribution in [-0.2, 0) is 29.0 Å². The van der Waals surface area contributed by atoms with E-state index in [1.54, 1.807) is 13.0 Å². The lowest BCUT2D eigenvalue weighted by Gasteiger charge is -2.32. The summed E-state index contributed by atoms with van der Waals surface area (Å²) in [5.41, 5.74) is -7.65. The zero-order valence-corrected chi connectivity index (χ0v) is 20.1. The fraction of sp³-hybridized carbons (Fsp3) is 0.435. The van der Waals surface area contributed by atoms with E-state index in [-0.39, 0.29) is 35.6 Å². The molecule has 3 rings (SSSR count). The van der Waals surface area contributed by atoms with Crippen molar-refractivity contribution < 1.29 is 44.3 Å². The molecule has 1 unspecified atom stereocenters. The molecule has 1 aromatic carbocycles. The summed E-state index contributed by atoms with van der Waals surface area (Å²) in [6, 6.07) is 4.51. The second-order valence-electron chi connectivity index (χ2n) is 8.34. The molecule has 0 radical (unpaired) electrons. The summed E-state index contributed by atoms with van der Waals surface area (Å²) in [7, 11) is 0. The number of nitrogens with zero attached hydrogens (tertiary/aromatic N) is 2. The Bertz CT molecular complexity index is 1150. The minimum absolute atomic E-state index is 0.00491. The molecule has 0 fully saturated rings. The second-order valence-corrected chi connectivity index (χ2v) is 9.19. The van der Waals surface area contributed by atoms with Crippen molar-refractivity contribution in [1.29, 1.82) is 0 Å². The van der Waals surface area contributed by atoms with E-state index in [0.717, 1.165) is 0 Å². The number of hydrogen-bond acceptors (Lipinski definition) is 3. The van der Waals surface area contributed by atoms with Gasteiger partial charge in [-0.2, -0.15) is 39.5 Å². The molecule has 1 aromatic heterocycles. The fourth-order valence-corrected chi connectivity index (χ4v) is 4.42. The first kappa shape index (κ1) is 28.1. The van der Waals surface area contributed by atoms with Crippen molar-refractivity contribution in [3.8, 4) is 0 Å². The molecule has 0 spiro atoms. The molecule has 0 amide bonds. The Balaban J connectivity index is 2.02. The standard InChI is InChI=1S/C23H18BrF9N2O/c1-2-15(36)6-5-12-3-4-13(7-16(12)24)17-10-20(11-34-17,23(31,32)33)14-8-18(21(25,26)27)35-19(9-14)22(28,29)30/h3-4,7-9H,2,5-6,10-11H2,1H3. The van der Waals surface area contributed by atoms with Crippen molar-refractivity contribution in [2.24, 2.45) is 4.99 Å². The monoisotopic (exact) mass is 588 g/mol. The number of carbonyl (C=O) groups excluding carboxylic acids is 1. The molecule has 0 N–H and O–H groups in total. The molecule has 196 valence electrons. The minimum atomic E-state index is -5.40. The van der Waals surface area contributed by atoms with Gasteiger partial charge in [0.25, 0.3) is 0 Å². The molecule has 1 aliphatic heterocycles. The SMILES string of the molecule is CCC(=O)CCc1ccc(C2=NCC(c3cc(C(F)(F)F)nc(C(F)(F)F)c3)(C(F)(F)F)C2)cc1Br. The van der Waals surface area contributed by atoms with Crippen LogP contribution >= 0.6 is 15.9 Å². The van der Waals surface area contributed by atoms with Crippen LogP contribution in [0.25, 0.3) is 0 Å². The number of alkyl halides is 9. The van der Waals surface area contributed by atoms with Gasteiger partial charge in [0, 0.05) is 29.4 Å². The highest BCUT2D eigenvalue weighted by Crippen LogP contribution is 2.49. The second kappa shape index (κ2) is 9.79. The van der Waals surface area contributed by atoms with Crippen LogP contribution in [0.15, 0.2) is 39.8 Å². The average Bonchev–Trinajstić information content (AvgIpc) is 3.23. The van der Waals surface area contributed by atoms with Crippen molar-refractivity contribution in [1.82, 2.24) is 4.98 Å². The predicted molar refractivity (Wildman–Crippen MR) is 116 cm³/mol. The minimum Gasteiger partial charge on any atom is -0.300 e. The van der Waals surface area contributed by atoms with Gasteiger partial charge in [0.15, 0.2) is 0 Å². The molecule has 0 saturated heterocycles. The Labute approximate surface area is 207 Å². The molecule has 0 aliphatic carbocycles. The number of aryl methyl sites for hydroxylation is 1. The van der Waals surface area contributed by atoms with Gasteiger partial charge < -0.3 is 0 Å². The number of hydrogen-bond donors (Lipinski definition) is 0. The van der Waals surface area contributed by atoms with Crippen molar-refractivity contribution in [2.75, 3.05) is 6.54 Å². The number of aliphatic imine (C=N–C) groups is 1. The van der Waals surface area contributed by atoms with Gasteiger partial charge in [0.1, 0.15) is 22.6 Å². The van der Waals surface area contributed by atoms with Gasteiger partial charge in [-0.1, -0.05) is 35.0 Å². The molecule has 0 bridgehead atoms. The lowest BCUT2D eigenvalue weighted by Crippen LogP contribution is -2.44. The quantitative estimate of drug-likeness (QED) is 0.328. The van der Waals surface area contributed by atoms with Gasteiger partial charge in [-0.05, 0) is 41.3 Å². The summed E-state index contributed by atoms with van der Waals surface area (Å²) in [5.74, 6) is 0.0231. The normalized spacial score (nSPS) is 18.9. The van der Waals surface area contributed by atoms with Crippen molar-refractivity contribution in [3.63, 3.8) is 0 Å². The van der Waals surface area contributed by atoms with Crippen LogP contribution in [0.5, 0.6) is 0 Å². The Kier molecular flexibility index (Phi) is 7.65. The Morgan fingerprint density at radius 2 is 1.56 bits per heavy atom. The summed E-state index contributed by atoms with van der Waals surface area (Å²) in [6.07, 6.45) is -16.0. The first-order valence-electron chi connectivity index (χ1n) is 10.6. The van der Waals surface area contributed by atoms with Gasteiger partial charge in [0.2, 0.25) is 0 Å². The molecule has 36 heavy (non-hydrogen) atoms. The smallest absolute Gasteiger partial charge is 0.300 e. The number of benzene rings is 1. The Morgan fingerprint density at radius 3 is 2.03 bits per heavy atom. The van der Waals surface area contributed by atoms with Gasteiger partial charge in [0.05, 0.1) is 6.54 Å². The number of Topliss-reactive ketones (excluding diaryl/α,β-unsaturated/α-hetero) is 1. The van der Waals surface area contributed by atoms with Crippen LogP contribution < -0.4 is 0 Å². The van der Waals surface area contributed by atoms with Gasteiger partial charge in [-0.15, -0.1) is 0 Å². The van der Waals surface area contributed by atoms with Crippen LogP contribution in [0.1, 0.15) is 54.3 Å². The molecular formula is C23H18BrF9N2O. The van der Waals surface area contributed by atoms with Crippen LogP contribution in [0.2, 0.25) is 0 Å². The van der Waals surface area contributed by atoms with Crippen molar-refractivity contribution in [3.05, 3.63) is 62.9 Å². The molecule has 13 heteroatoms. The van der Waals surface area contributed by atoms with Gasteiger partial charge in [-0.3, -0.25) is 9.79 Å². The van der Waals surface area contributed by atoms with Gasteiger partial charge >= 0.3 is 18.5 Å². The molecular weight excluding hydrogens is 571 g/mol. The molecule has 1 aliphatic rings. The third-order valence-electron chi connectivity index (χ3n) is 5.96. The number of pyridine rings is 1. The molecule has 3 nitrogen and oxygen atoms in total. The third-order valence-corrected chi connectivity index (χ3v) is 6.70. The average molecular weight is 589 g/mol. The highest BCUT2D eigenvalue weighted by atomic mass is 79.9. The maximum Gasteiger partial charge on any atom is 0.433 e. The third kappa shape index (κ3) is 5.76. The summed E-state index contributed by atoms with van der Waals surface area (Å²) in [6.45, 7) is 0.624. The molecule has 2 heterocycles. The lowest BCUT2D eigenvalue weighted by atomic mass is 9.76. The van der Waals surface area contributed by atoms with Crippen LogP contribution in [0.4, 0.5) is 39.5 Å². The molecule has 2 aromatic rings. The summed E-state index contributed by atoms with van der Waals surface area (Å²) in [4.78, 5) is 18.0. The largest absolute Gasteiger partial charge is 0.433 e. The summed E-state index contributed by atoms with van der Waals surface area (Å²) < 4.78 is 123. The first-order valence-corrected chi connectivity index (χ1v) is 11.3. The number of carbonyl (C=O) groups is 1.